The number of nitrogens with one attached hydrogen (secondary N) is 1. The molecule has 4 nitrogen and oxygen atoms in total. The molecule has 1 rings (SSSR count). The Bertz CT molecular complexity index is 339. The van der Waals surface area contributed by atoms with Crippen molar-refractivity contribution in [3.05, 3.63) is 29.8 Å². The third-order valence-corrected chi connectivity index (χ3v) is 2.12. The van der Waals surface area contributed by atoms with Gasteiger partial charge < -0.3 is 15.2 Å². The van der Waals surface area contributed by atoms with Crippen LogP contribution in [0.5, 0.6) is 5.75 Å². The molecule has 1 amide bonds. The summed E-state index contributed by atoms with van der Waals surface area (Å²) in [7, 11) is 0. The lowest BCUT2D eigenvalue weighted by Crippen LogP contribution is -2.28. The molecule has 0 saturated heterocycles. The Balaban J connectivity index is 2.32. The average molecular weight is 223 g/mol. The second kappa shape index (κ2) is 6.85. The van der Waals surface area contributed by atoms with Gasteiger partial charge in [-0.05, 0) is 13.0 Å². The highest BCUT2D eigenvalue weighted by atomic mass is 16.5. The normalized spacial score (nSPS) is 10.1. The van der Waals surface area contributed by atoms with E-state index < -0.39 is 0 Å². The number of hydrogen-bond donors (Lipinski definition) is 2. The molecule has 0 aromatic heterocycles. The van der Waals surface area contributed by atoms with Crippen LogP contribution in [0.3, 0.4) is 0 Å². The van der Waals surface area contributed by atoms with Crippen LogP contribution in [0.2, 0.25) is 0 Å². The van der Waals surface area contributed by atoms with Crippen molar-refractivity contribution in [3.8, 4) is 5.75 Å². The van der Waals surface area contributed by atoms with Crippen LogP contribution in [0.25, 0.3) is 0 Å². The van der Waals surface area contributed by atoms with Gasteiger partial charge in [0.1, 0.15) is 5.75 Å². The van der Waals surface area contributed by atoms with E-state index in [1.54, 1.807) is 24.3 Å². The molecule has 0 radical (unpaired) electrons. The zero-order valence-electron chi connectivity index (χ0n) is 9.40. The lowest BCUT2D eigenvalue weighted by atomic mass is 10.1. The van der Waals surface area contributed by atoms with Gasteiger partial charge in [0.2, 0.25) is 5.91 Å². The molecule has 0 heterocycles. The zero-order chi connectivity index (χ0) is 11.8. The van der Waals surface area contributed by atoms with Gasteiger partial charge in [0, 0.05) is 18.7 Å². The second-order valence-electron chi connectivity index (χ2n) is 3.35. The molecule has 0 atom stereocenters. The first-order valence-electron chi connectivity index (χ1n) is 5.35. The fourth-order valence-corrected chi connectivity index (χ4v) is 1.30. The van der Waals surface area contributed by atoms with E-state index in [-0.39, 0.29) is 18.1 Å². The molecular weight excluding hydrogens is 206 g/mol. The van der Waals surface area contributed by atoms with E-state index in [0.717, 1.165) is 0 Å². The highest BCUT2D eigenvalue weighted by Gasteiger charge is 2.05. The number of benzene rings is 1. The number of aromatic hydroxyl groups is 1. The summed E-state index contributed by atoms with van der Waals surface area (Å²) >= 11 is 0. The van der Waals surface area contributed by atoms with E-state index >= 15 is 0 Å². The summed E-state index contributed by atoms with van der Waals surface area (Å²) in [5.41, 5.74) is 0.636. The van der Waals surface area contributed by atoms with Crippen molar-refractivity contribution in [2.45, 2.75) is 13.3 Å². The summed E-state index contributed by atoms with van der Waals surface area (Å²) < 4.78 is 5.09. The summed E-state index contributed by atoms with van der Waals surface area (Å²) in [6, 6.07) is 6.83. The van der Waals surface area contributed by atoms with Gasteiger partial charge in [-0.25, -0.2) is 0 Å². The van der Waals surface area contributed by atoms with E-state index in [1.807, 2.05) is 6.92 Å². The van der Waals surface area contributed by atoms with Crippen molar-refractivity contribution >= 4 is 5.91 Å². The lowest BCUT2D eigenvalue weighted by molar-refractivity contribution is -0.120. The van der Waals surface area contributed by atoms with Crippen LogP contribution >= 0.6 is 0 Å². The first-order valence-corrected chi connectivity index (χ1v) is 5.35. The molecule has 0 aliphatic heterocycles. The van der Waals surface area contributed by atoms with Gasteiger partial charge in [-0.2, -0.15) is 0 Å². The number of amides is 1. The van der Waals surface area contributed by atoms with Gasteiger partial charge >= 0.3 is 0 Å². The topological polar surface area (TPSA) is 58.6 Å². The van der Waals surface area contributed by atoms with Crippen LogP contribution in [-0.2, 0) is 16.0 Å². The molecule has 0 unspecified atom stereocenters. The third kappa shape index (κ3) is 4.31. The number of phenolic OH excluding ortho intramolecular Hbond substituents is 1. The summed E-state index contributed by atoms with van der Waals surface area (Å²) in [5.74, 6) is 0.0451. The molecule has 0 aliphatic rings. The summed E-state index contributed by atoms with van der Waals surface area (Å²) in [6.45, 7) is 3.57. The minimum Gasteiger partial charge on any atom is -0.508 e. The predicted molar refractivity (Wildman–Crippen MR) is 61.3 cm³/mol. The monoisotopic (exact) mass is 223 g/mol. The Hall–Kier alpha value is -1.55. The molecule has 0 bridgehead atoms. The summed E-state index contributed by atoms with van der Waals surface area (Å²) in [4.78, 5) is 11.5. The van der Waals surface area contributed by atoms with Crippen molar-refractivity contribution in [1.29, 1.82) is 0 Å². The van der Waals surface area contributed by atoms with Gasteiger partial charge in [-0.3, -0.25) is 4.79 Å². The molecule has 2 N–H and O–H groups in total. The highest BCUT2D eigenvalue weighted by Crippen LogP contribution is 2.15. The van der Waals surface area contributed by atoms with Crippen LogP contribution < -0.4 is 5.32 Å². The Labute approximate surface area is 95.2 Å². The number of carbonyl (C=O) groups excluding carboxylic acids is 1. The van der Waals surface area contributed by atoms with E-state index in [0.29, 0.717) is 25.3 Å². The number of rotatable bonds is 6. The maximum absolute atomic E-state index is 11.5. The minimum absolute atomic E-state index is 0.110. The van der Waals surface area contributed by atoms with Crippen LogP contribution in [0, 0.1) is 0 Å². The van der Waals surface area contributed by atoms with Crippen molar-refractivity contribution in [2.24, 2.45) is 0 Å². The largest absolute Gasteiger partial charge is 0.508 e. The standard InChI is InChI=1S/C12H17NO3/c1-2-16-8-7-13-12(15)9-10-5-3-4-6-11(10)14/h3-6,14H,2,7-9H2,1H3,(H,13,15). The Morgan fingerprint density at radius 2 is 2.19 bits per heavy atom. The molecule has 0 fully saturated rings. The average Bonchev–Trinajstić information content (AvgIpc) is 2.28. The van der Waals surface area contributed by atoms with Gasteiger partial charge in [-0.1, -0.05) is 18.2 Å². The number of hydrogen-bond acceptors (Lipinski definition) is 3. The quantitative estimate of drug-likeness (QED) is 0.710. The predicted octanol–water partition coefficient (Wildman–Crippen LogP) is 1.09. The van der Waals surface area contributed by atoms with E-state index in [4.69, 9.17) is 4.74 Å². The smallest absolute Gasteiger partial charge is 0.224 e. The van der Waals surface area contributed by atoms with Crippen LogP contribution in [0.15, 0.2) is 24.3 Å². The van der Waals surface area contributed by atoms with Gasteiger partial charge in [0.15, 0.2) is 0 Å². The molecular formula is C12H17NO3. The van der Waals surface area contributed by atoms with Crippen LogP contribution in [0.1, 0.15) is 12.5 Å². The Morgan fingerprint density at radius 3 is 2.88 bits per heavy atom. The first kappa shape index (κ1) is 12.5. The van der Waals surface area contributed by atoms with Crippen LogP contribution in [0.4, 0.5) is 0 Å². The molecule has 88 valence electrons. The minimum atomic E-state index is -0.110. The second-order valence-corrected chi connectivity index (χ2v) is 3.35. The number of carbonyl (C=O) groups is 1. The van der Waals surface area contributed by atoms with E-state index in [1.165, 1.54) is 0 Å². The Morgan fingerprint density at radius 1 is 1.44 bits per heavy atom. The third-order valence-electron chi connectivity index (χ3n) is 2.12. The highest BCUT2D eigenvalue weighted by molar-refractivity contribution is 5.79. The molecule has 1 aromatic carbocycles. The van der Waals surface area contributed by atoms with Crippen molar-refractivity contribution in [3.63, 3.8) is 0 Å². The fourth-order valence-electron chi connectivity index (χ4n) is 1.30. The van der Waals surface area contributed by atoms with Crippen LogP contribution in [-0.4, -0.2) is 30.8 Å². The fraction of sp³-hybridized carbons (Fsp3) is 0.417. The molecule has 16 heavy (non-hydrogen) atoms. The maximum Gasteiger partial charge on any atom is 0.224 e. The first-order chi connectivity index (χ1) is 7.74. The number of ether oxygens (including phenoxy) is 1. The lowest BCUT2D eigenvalue weighted by Gasteiger charge is -2.06. The van der Waals surface area contributed by atoms with Crippen molar-refractivity contribution in [2.75, 3.05) is 19.8 Å². The summed E-state index contributed by atoms with van der Waals surface area (Å²) in [5, 5.41) is 12.2. The van der Waals surface area contributed by atoms with Gasteiger partial charge in [-0.15, -0.1) is 0 Å². The van der Waals surface area contributed by atoms with Gasteiger partial charge in [0.25, 0.3) is 0 Å². The SMILES string of the molecule is CCOCCNC(=O)Cc1ccccc1O. The molecule has 0 spiro atoms. The molecule has 1 aromatic rings. The van der Waals surface area contributed by atoms with Crippen molar-refractivity contribution in [1.82, 2.24) is 5.32 Å². The summed E-state index contributed by atoms with van der Waals surface area (Å²) in [6.07, 6.45) is 0.193. The zero-order valence-corrected chi connectivity index (χ0v) is 9.40. The van der Waals surface area contributed by atoms with Crippen molar-refractivity contribution < 1.29 is 14.6 Å². The molecule has 0 saturated carbocycles. The molecule has 4 heteroatoms. The molecule has 0 aliphatic carbocycles. The number of para-hydroxylation sites is 1. The van der Waals surface area contributed by atoms with E-state index in [9.17, 15) is 9.90 Å². The number of phenols is 1. The van der Waals surface area contributed by atoms with Gasteiger partial charge in [0.05, 0.1) is 13.0 Å². The maximum atomic E-state index is 11.5. The Kier molecular flexibility index (Phi) is 5.36. The van der Waals surface area contributed by atoms with E-state index in [2.05, 4.69) is 5.32 Å².